The van der Waals surface area contributed by atoms with E-state index in [-0.39, 0.29) is 22.7 Å². The molecule has 0 atom stereocenters. The summed E-state index contributed by atoms with van der Waals surface area (Å²) < 4.78 is 40.1. The fraction of sp³-hybridized carbons (Fsp3) is 0.419. The van der Waals surface area contributed by atoms with Crippen LogP contribution in [0.4, 0.5) is 0 Å². The van der Waals surface area contributed by atoms with Gasteiger partial charge >= 0.3 is 0 Å². The van der Waals surface area contributed by atoms with Gasteiger partial charge in [0.1, 0.15) is 5.75 Å². The number of carbonyl (C=O) groups is 1. The highest BCUT2D eigenvalue weighted by molar-refractivity contribution is 7.89. The molecule has 1 N–H and O–H groups in total. The molecular formula is C31H36N2O5S2. The summed E-state index contributed by atoms with van der Waals surface area (Å²) in [5, 5.41) is 1.64. The van der Waals surface area contributed by atoms with Crippen LogP contribution in [0.15, 0.2) is 42.5 Å². The summed E-state index contributed by atoms with van der Waals surface area (Å²) in [7, 11) is -3.80. The maximum Gasteiger partial charge on any atom is 0.265 e. The number of fused-ring (bicyclic) bond motifs is 2. The molecule has 1 fully saturated rings. The average molecular weight is 581 g/mol. The van der Waals surface area contributed by atoms with Crippen molar-refractivity contribution in [2.45, 2.75) is 65.6 Å². The minimum Gasteiger partial charge on any atom is -0.493 e. The first-order valence-corrected chi connectivity index (χ1v) is 16.1. The summed E-state index contributed by atoms with van der Waals surface area (Å²) in [5.41, 5.74) is 2.83. The smallest absolute Gasteiger partial charge is 0.265 e. The molecule has 0 bridgehead atoms. The number of rotatable bonds is 6. The van der Waals surface area contributed by atoms with Crippen molar-refractivity contribution >= 4 is 48.3 Å². The monoisotopic (exact) mass is 580 g/mol. The number of ether oxygens (including phenoxy) is 2. The van der Waals surface area contributed by atoms with Crippen LogP contribution in [-0.2, 0) is 14.8 Å². The second kappa shape index (κ2) is 10.1. The molecule has 1 aliphatic heterocycles. The van der Waals surface area contributed by atoms with E-state index in [2.05, 4.69) is 44.5 Å². The van der Waals surface area contributed by atoms with Crippen LogP contribution in [0.5, 0.6) is 5.75 Å². The van der Waals surface area contributed by atoms with Gasteiger partial charge in [0.05, 0.1) is 51.1 Å². The van der Waals surface area contributed by atoms with Crippen LogP contribution in [0.3, 0.4) is 0 Å². The van der Waals surface area contributed by atoms with E-state index in [1.165, 1.54) is 0 Å². The molecule has 5 rings (SSSR count). The molecule has 4 aromatic rings. The van der Waals surface area contributed by atoms with Gasteiger partial charge in [0.25, 0.3) is 5.91 Å². The number of nitrogens with zero attached hydrogens (tertiary/aromatic N) is 1. The Morgan fingerprint density at radius 3 is 2.42 bits per heavy atom. The van der Waals surface area contributed by atoms with Crippen LogP contribution in [0.1, 0.15) is 62.0 Å². The second-order valence-corrected chi connectivity index (χ2v) is 14.9. The number of nitrogens with one attached hydrogen (secondary N) is 1. The maximum absolute atomic E-state index is 13.5. The fourth-order valence-electron chi connectivity index (χ4n) is 6.12. The number of pyridine rings is 1. The largest absolute Gasteiger partial charge is 0.493 e. The zero-order valence-electron chi connectivity index (χ0n) is 24.0. The Kier molecular flexibility index (Phi) is 7.21. The zero-order chi connectivity index (χ0) is 29.0. The number of hydrogen-bond donors (Lipinski definition) is 1. The highest BCUT2D eigenvalue weighted by atomic mass is 32.2. The van der Waals surface area contributed by atoms with Crippen molar-refractivity contribution in [2.24, 2.45) is 5.92 Å². The van der Waals surface area contributed by atoms with Crippen LogP contribution in [0.2, 0.25) is 0 Å². The molecule has 3 heterocycles. The van der Waals surface area contributed by atoms with Gasteiger partial charge in [0.15, 0.2) is 0 Å². The predicted molar refractivity (Wildman–Crippen MR) is 162 cm³/mol. The third-order valence-corrected chi connectivity index (χ3v) is 9.16. The first-order chi connectivity index (χ1) is 18.6. The number of hydrogen-bond acceptors (Lipinski definition) is 7. The average Bonchev–Trinajstić information content (AvgIpc) is 3.17. The Morgan fingerprint density at radius 1 is 1.10 bits per heavy atom. The predicted octanol–water partition coefficient (Wildman–Crippen LogP) is 6.79. The number of thiophene rings is 1. The molecular weight excluding hydrogens is 544 g/mol. The Balaban J connectivity index is 1.63. The number of aromatic nitrogens is 1. The Labute approximate surface area is 240 Å². The standard InChI is InChI=1S/C31H36N2O5S2/c1-18-12-13-24(37-17-20-15-30(3,4)38-31(5,6)16-20)26-22(29(34)33-40(7,35)36)14-23(32-27(18)26)28-19(2)21-10-8-9-11-25(21)39-28/h8-14,20H,15-17H2,1-7H3,(H,33,34). The van der Waals surface area contributed by atoms with E-state index in [9.17, 15) is 13.2 Å². The summed E-state index contributed by atoms with van der Waals surface area (Å²) in [6.07, 6.45) is 2.66. The molecule has 2 aromatic heterocycles. The number of sulfonamides is 1. The lowest BCUT2D eigenvalue weighted by Gasteiger charge is -2.45. The molecule has 0 saturated carbocycles. The second-order valence-electron chi connectivity index (χ2n) is 12.1. The van der Waals surface area contributed by atoms with Crippen molar-refractivity contribution in [3.8, 4) is 16.3 Å². The van der Waals surface area contributed by atoms with E-state index in [1.54, 1.807) is 17.4 Å². The van der Waals surface area contributed by atoms with Crippen LogP contribution < -0.4 is 9.46 Å². The van der Waals surface area contributed by atoms with Gasteiger partial charge in [-0.25, -0.2) is 18.1 Å². The number of benzene rings is 2. The first-order valence-electron chi connectivity index (χ1n) is 13.4. The molecule has 9 heteroatoms. The van der Waals surface area contributed by atoms with Crippen LogP contribution in [0.25, 0.3) is 31.6 Å². The summed E-state index contributed by atoms with van der Waals surface area (Å²) in [6.45, 7) is 12.8. The highest BCUT2D eigenvalue weighted by Crippen LogP contribution is 2.42. The lowest BCUT2D eigenvalue weighted by molar-refractivity contribution is -0.175. The third kappa shape index (κ3) is 5.87. The molecule has 0 spiro atoms. The summed E-state index contributed by atoms with van der Waals surface area (Å²) in [5.74, 6) is 0.0454. The van der Waals surface area contributed by atoms with Gasteiger partial charge in [0, 0.05) is 4.70 Å². The number of carbonyl (C=O) groups excluding carboxylic acids is 1. The van der Waals surface area contributed by atoms with Gasteiger partial charge in [0.2, 0.25) is 10.0 Å². The molecule has 7 nitrogen and oxygen atoms in total. The minimum atomic E-state index is -3.80. The van der Waals surface area contributed by atoms with E-state index in [0.717, 1.165) is 45.2 Å². The van der Waals surface area contributed by atoms with Crippen molar-refractivity contribution in [3.63, 3.8) is 0 Å². The molecule has 1 saturated heterocycles. The fourth-order valence-corrected chi connectivity index (χ4v) is 7.74. The highest BCUT2D eigenvalue weighted by Gasteiger charge is 2.39. The molecule has 0 aliphatic carbocycles. The van der Waals surface area contributed by atoms with Crippen molar-refractivity contribution in [3.05, 3.63) is 59.2 Å². The van der Waals surface area contributed by atoms with Crippen LogP contribution in [0, 0.1) is 19.8 Å². The Bertz CT molecular complexity index is 1720. The quantitative estimate of drug-likeness (QED) is 0.270. The summed E-state index contributed by atoms with van der Waals surface area (Å²) in [4.78, 5) is 19.4. The molecule has 0 radical (unpaired) electrons. The van der Waals surface area contributed by atoms with E-state index in [1.807, 2.05) is 38.1 Å². The number of aryl methyl sites for hydroxylation is 2. The zero-order valence-corrected chi connectivity index (χ0v) is 25.7. The summed E-state index contributed by atoms with van der Waals surface area (Å²) >= 11 is 1.60. The normalized spacial score (nSPS) is 17.3. The summed E-state index contributed by atoms with van der Waals surface area (Å²) in [6, 6.07) is 13.6. The van der Waals surface area contributed by atoms with Gasteiger partial charge < -0.3 is 9.47 Å². The van der Waals surface area contributed by atoms with Gasteiger partial charge in [-0.2, -0.15) is 0 Å². The van der Waals surface area contributed by atoms with E-state index < -0.39 is 15.9 Å². The van der Waals surface area contributed by atoms with E-state index in [4.69, 9.17) is 14.5 Å². The minimum absolute atomic E-state index is 0.216. The molecule has 2 aromatic carbocycles. The molecule has 212 valence electrons. The molecule has 0 unspecified atom stereocenters. The van der Waals surface area contributed by atoms with Crippen molar-refractivity contribution in [1.82, 2.24) is 9.71 Å². The van der Waals surface area contributed by atoms with Crippen molar-refractivity contribution in [2.75, 3.05) is 12.9 Å². The van der Waals surface area contributed by atoms with E-state index in [0.29, 0.717) is 29.0 Å². The van der Waals surface area contributed by atoms with Crippen LogP contribution in [-0.4, -0.2) is 43.4 Å². The molecule has 1 aliphatic rings. The number of amides is 1. The lowest BCUT2D eigenvalue weighted by atomic mass is 9.81. The van der Waals surface area contributed by atoms with Gasteiger partial charge in [-0.15, -0.1) is 11.3 Å². The Hall–Kier alpha value is -3.01. The van der Waals surface area contributed by atoms with E-state index >= 15 is 0 Å². The van der Waals surface area contributed by atoms with Crippen molar-refractivity contribution < 1.29 is 22.7 Å². The Morgan fingerprint density at radius 2 is 1.77 bits per heavy atom. The third-order valence-electron chi connectivity index (χ3n) is 7.31. The van der Waals surface area contributed by atoms with Gasteiger partial charge in [-0.1, -0.05) is 24.3 Å². The van der Waals surface area contributed by atoms with Gasteiger partial charge in [-0.05, 0) is 95.0 Å². The maximum atomic E-state index is 13.5. The molecule has 40 heavy (non-hydrogen) atoms. The van der Waals surface area contributed by atoms with Gasteiger partial charge in [-0.3, -0.25) is 4.79 Å². The lowest BCUT2D eigenvalue weighted by Crippen LogP contribution is -2.46. The van der Waals surface area contributed by atoms with Crippen molar-refractivity contribution in [1.29, 1.82) is 0 Å². The topological polar surface area (TPSA) is 94.6 Å². The molecule has 1 amide bonds. The van der Waals surface area contributed by atoms with Crippen LogP contribution >= 0.6 is 11.3 Å². The first kappa shape index (κ1) is 28.5. The SMILES string of the molecule is Cc1c(-c2cc(C(=O)NS(C)(=O)=O)c3c(OCC4CC(C)(C)OC(C)(C)C4)ccc(C)c3n2)sc2ccccc12.